The number of nitrogens with zero attached hydrogens (tertiary/aromatic N) is 1. The van der Waals surface area contributed by atoms with Gasteiger partial charge in [-0.05, 0) is 35.7 Å². The van der Waals surface area contributed by atoms with Crippen LogP contribution in [-0.4, -0.2) is 49.9 Å². The molecule has 1 amide bonds. The quantitative estimate of drug-likeness (QED) is 0.440. The number of fused-ring (bicyclic) bond motifs is 1. The average molecular weight is 496 g/mol. The van der Waals surface area contributed by atoms with E-state index in [0.29, 0.717) is 29.8 Å². The van der Waals surface area contributed by atoms with Gasteiger partial charge in [0.1, 0.15) is 0 Å². The number of pyridine rings is 1. The lowest BCUT2D eigenvalue weighted by atomic mass is 10.1. The number of nitrogens with one attached hydrogen (secondary N) is 2. The molecule has 10 heteroatoms. The highest BCUT2D eigenvalue weighted by Crippen LogP contribution is 2.32. The molecular weight excluding hydrogens is 474 g/mol. The largest absolute Gasteiger partial charge is 0.379 e. The van der Waals surface area contributed by atoms with E-state index in [4.69, 9.17) is 4.74 Å². The first-order valence-corrected chi connectivity index (χ1v) is 12.9. The zero-order valence-corrected chi connectivity index (χ0v) is 19.6. The smallest absolute Gasteiger partial charge is 0.256 e. The van der Waals surface area contributed by atoms with Crippen molar-refractivity contribution in [1.29, 1.82) is 0 Å². The molecule has 1 saturated heterocycles. The van der Waals surface area contributed by atoms with Crippen LogP contribution in [0.3, 0.4) is 0 Å². The zero-order valence-electron chi connectivity index (χ0n) is 18.0. The Kier molecular flexibility index (Phi) is 6.05. The molecule has 4 aromatic rings. The lowest BCUT2D eigenvalue weighted by Crippen LogP contribution is -2.40. The van der Waals surface area contributed by atoms with Gasteiger partial charge in [-0.3, -0.25) is 9.59 Å². The number of sulfonamides is 1. The molecule has 2 N–H and O–H groups in total. The van der Waals surface area contributed by atoms with E-state index < -0.39 is 21.5 Å². The van der Waals surface area contributed by atoms with E-state index >= 15 is 0 Å². The number of benzene rings is 2. The number of aromatic nitrogens is 1. The molecule has 0 spiro atoms. The molecule has 2 aromatic carbocycles. The van der Waals surface area contributed by atoms with E-state index in [0.717, 1.165) is 10.4 Å². The minimum Gasteiger partial charge on any atom is -0.379 e. The van der Waals surface area contributed by atoms with E-state index in [1.54, 1.807) is 17.4 Å². The van der Waals surface area contributed by atoms with Crippen molar-refractivity contribution in [2.24, 2.45) is 0 Å². The Balaban J connectivity index is 1.55. The Morgan fingerprint density at radius 3 is 2.59 bits per heavy atom. The van der Waals surface area contributed by atoms with Gasteiger partial charge in [0.25, 0.3) is 5.91 Å². The van der Waals surface area contributed by atoms with E-state index in [2.05, 4.69) is 10.3 Å². The number of ether oxygens (including phenoxy) is 1. The molecule has 0 radical (unpaired) electrons. The number of thiophene rings is 1. The van der Waals surface area contributed by atoms with Crippen molar-refractivity contribution in [3.8, 4) is 10.4 Å². The molecule has 2 aromatic heterocycles. The predicted molar refractivity (Wildman–Crippen MR) is 132 cm³/mol. The summed E-state index contributed by atoms with van der Waals surface area (Å²) in [7, 11) is -3.77. The molecule has 0 bridgehead atoms. The number of hydrogen-bond donors (Lipinski definition) is 2. The predicted octanol–water partition coefficient (Wildman–Crippen LogP) is 3.53. The Labute approximate surface area is 199 Å². The molecule has 34 heavy (non-hydrogen) atoms. The number of carbonyl (C=O) groups excluding carboxylic acids is 1. The Morgan fingerprint density at radius 1 is 1.03 bits per heavy atom. The molecule has 0 unspecified atom stereocenters. The summed E-state index contributed by atoms with van der Waals surface area (Å²) >= 11 is 1.55. The number of amides is 1. The zero-order chi connectivity index (χ0) is 23.7. The Morgan fingerprint density at radius 2 is 1.82 bits per heavy atom. The van der Waals surface area contributed by atoms with Gasteiger partial charge in [0.15, 0.2) is 0 Å². The second-order valence-electron chi connectivity index (χ2n) is 7.75. The van der Waals surface area contributed by atoms with Crippen LogP contribution >= 0.6 is 11.3 Å². The highest BCUT2D eigenvalue weighted by molar-refractivity contribution is 7.89. The third-order valence-corrected chi connectivity index (χ3v) is 8.43. The third-order valence-electron chi connectivity index (χ3n) is 5.63. The fourth-order valence-electron chi connectivity index (χ4n) is 3.95. The summed E-state index contributed by atoms with van der Waals surface area (Å²) in [5, 5.41) is 5.19. The first-order valence-electron chi connectivity index (χ1n) is 10.6. The molecule has 0 atom stereocenters. The topological polar surface area (TPSA) is 109 Å². The summed E-state index contributed by atoms with van der Waals surface area (Å²) in [5.41, 5.74) is 1.48. The van der Waals surface area contributed by atoms with Crippen LogP contribution in [0.4, 0.5) is 5.69 Å². The minimum absolute atomic E-state index is 0.0574. The minimum atomic E-state index is -3.77. The van der Waals surface area contributed by atoms with E-state index in [1.807, 2.05) is 35.7 Å². The number of anilines is 1. The van der Waals surface area contributed by atoms with Gasteiger partial charge in [-0.15, -0.1) is 11.3 Å². The SMILES string of the molecule is O=C(Nc1ccccc1-c1cccs1)c1cc(=O)[nH]c2ccc(S(=O)(=O)N3CCOCC3)cc12. The molecule has 174 valence electrons. The lowest BCUT2D eigenvalue weighted by Gasteiger charge is -2.26. The molecular formula is C24H21N3O5S2. The standard InChI is InChI=1S/C24H21N3O5S2/c28-23-15-19(24(29)26-20-5-2-1-4-17(20)22-6-3-13-33-22)18-14-16(7-8-21(18)25-23)34(30,31)27-9-11-32-12-10-27/h1-8,13-15H,9-12H2,(H,25,28)(H,26,29). The van der Waals surface area contributed by atoms with Crippen molar-refractivity contribution in [1.82, 2.24) is 9.29 Å². The number of aromatic amines is 1. The van der Waals surface area contributed by atoms with Crippen LogP contribution in [0.15, 0.2) is 75.7 Å². The molecule has 0 aliphatic carbocycles. The Hall–Kier alpha value is -3.31. The maximum Gasteiger partial charge on any atom is 0.256 e. The van der Waals surface area contributed by atoms with Crippen molar-refractivity contribution in [2.45, 2.75) is 4.90 Å². The van der Waals surface area contributed by atoms with Gasteiger partial charge in [-0.1, -0.05) is 24.3 Å². The molecule has 3 heterocycles. The molecule has 8 nitrogen and oxygen atoms in total. The number of H-pyrrole nitrogens is 1. The van der Waals surface area contributed by atoms with Crippen LogP contribution < -0.4 is 10.9 Å². The molecule has 1 aliphatic rings. The number of para-hydroxylation sites is 1. The molecule has 1 fully saturated rings. The van der Waals surface area contributed by atoms with Crippen molar-refractivity contribution >= 4 is 43.9 Å². The van der Waals surface area contributed by atoms with Gasteiger partial charge in [-0.25, -0.2) is 8.42 Å². The van der Waals surface area contributed by atoms with Gasteiger partial charge in [0.2, 0.25) is 15.6 Å². The fraction of sp³-hybridized carbons (Fsp3) is 0.167. The van der Waals surface area contributed by atoms with Crippen molar-refractivity contribution in [3.05, 3.63) is 82.0 Å². The molecule has 0 saturated carbocycles. The number of morpholine rings is 1. The van der Waals surface area contributed by atoms with Gasteiger partial charge >= 0.3 is 0 Å². The van der Waals surface area contributed by atoms with Crippen LogP contribution in [0, 0.1) is 0 Å². The second kappa shape index (κ2) is 9.15. The summed E-state index contributed by atoms with van der Waals surface area (Å²) in [4.78, 5) is 29.3. The maximum absolute atomic E-state index is 13.3. The number of hydrogen-bond acceptors (Lipinski definition) is 6. The van der Waals surface area contributed by atoms with E-state index in [1.165, 1.54) is 28.6 Å². The van der Waals surface area contributed by atoms with E-state index in [9.17, 15) is 18.0 Å². The van der Waals surface area contributed by atoms with Crippen LogP contribution in [-0.2, 0) is 14.8 Å². The van der Waals surface area contributed by atoms with Crippen LogP contribution in [0.2, 0.25) is 0 Å². The second-order valence-corrected chi connectivity index (χ2v) is 10.6. The van der Waals surface area contributed by atoms with Gasteiger partial charge in [-0.2, -0.15) is 4.31 Å². The summed E-state index contributed by atoms with van der Waals surface area (Å²) in [6, 6.07) is 16.9. The fourth-order valence-corrected chi connectivity index (χ4v) is 6.15. The van der Waals surface area contributed by atoms with Crippen molar-refractivity contribution in [2.75, 3.05) is 31.6 Å². The van der Waals surface area contributed by atoms with E-state index in [-0.39, 0.29) is 23.5 Å². The third kappa shape index (κ3) is 4.28. The number of rotatable bonds is 5. The van der Waals surface area contributed by atoms with Gasteiger partial charge < -0.3 is 15.0 Å². The summed E-state index contributed by atoms with van der Waals surface area (Å²) in [6.07, 6.45) is 0. The van der Waals surface area contributed by atoms with Crippen LogP contribution in [0.1, 0.15) is 10.4 Å². The van der Waals surface area contributed by atoms with Crippen molar-refractivity contribution in [3.63, 3.8) is 0 Å². The summed E-state index contributed by atoms with van der Waals surface area (Å²) in [6.45, 7) is 1.19. The first-order chi connectivity index (χ1) is 16.4. The number of carbonyl (C=O) groups is 1. The van der Waals surface area contributed by atoms with Crippen LogP contribution in [0.5, 0.6) is 0 Å². The van der Waals surface area contributed by atoms with Gasteiger partial charge in [0, 0.05) is 46.2 Å². The maximum atomic E-state index is 13.3. The highest BCUT2D eigenvalue weighted by atomic mass is 32.2. The molecule has 5 rings (SSSR count). The first kappa shape index (κ1) is 22.5. The summed E-state index contributed by atoms with van der Waals surface area (Å²) < 4.78 is 32.9. The normalized spacial score (nSPS) is 14.8. The van der Waals surface area contributed by atoms with Crippen molar-refractivity contribution < 1.29 is 17.9 Å². The highest BCUT2D eigenvalue weighted by Gasteiger charge is 2.27. The monoisotopic (exact) mass is 495 g/mol. The van der Waals surface area contributed by atoms with Gasteiger partial charge in [0.05, 0.1) is 23.7 Å². The summed E-state index contributed by atoms with van der Waals surface area (Å²) in [5.74, 6) is -0.499. The Bertz CT molecular complexity index is 1520. The lowest BCUT2D eigenvalue weighted by molar-refractivity contribution is 0.0730. The average Bonchev–Trinajstić information content (AvgIpc) is 3.39. The molecule has 1 aliphatic heterocycles. The van der Waals surface area contributed by atoms with Crippen LogP contribution in [0.25, 0.3) is 21.3 Å².